The highest BCUT2D eigenvalue weighted by Gasteiger charge is 2.19. The summed E-state index contributed by atoms with van der Waals surface area (Å²) in [6, 6.07) is 13.5. The molecule has 5 nitrogen and oxygen atoms in total. The molecule has 0 radical (unpaired) electrons. The molecule has 1 amide bonds. The second-order valence-electron chi connectivity index (χ2n) is 5.83. The minimum absolute atomic E-state index is 0.281. The summed E-state index contributed by atoms with van der Waals surface area (Å²) in [5.74, 6) is -1.54. The van der Waals surface area contributed by atoms with E-state index in [1.807, 2.05) is 6.07 Å². The van der Waals surface area contributed by atoms with Crippen LogP contribution in [-0.4, -0.2) is 18.5 Å². The Bertz CT molecular complexity index is 1050. The second kappa shape index (κ2) is 7.98. The van der Waals surface area contributed by atoms with Gasteiger partial charge in [0.05, 0.1) is 12.5 Å². The van der Waals surface area contributed by atoms with Gasteiger partial charge in [0.15, 0.2) is 6.61 Å². The van der Waals surface area contributed by atoms with Crippen LogP contribution in [0.2, 0.25) is 0 Å². The highest BCUT2D eigenvalue weighted by molar-refractivity contribution is 7.21. The highest BCUT2D eigenvalue weighted by atomic mass is 32.1. The number of hydrogen-bond donors (Lipinski definition) is 1. The molecule has 0 spiro atoms. The first kappa shape index (κ1) is 18.5. The molecule has 27 heavy (non-hydrogen) atoms. The van der Waals surface area contributed by atoms with Gasteiger partial charge in [-0.2, -0.15) is 5.26 Å². The standard InChI is InChI=1S/C20H15FN2O3S/c1-12-18-15(21)3-2-4-16(18)27-19(12)20(25)26-11-17(24)23-14-7-5-13(6-8-14)9-10-22/h2-8H,9,11H2,1H3,(H,23,24). The molecule has 2 aromatic carbocycles. The number of esters is 1. The number of nitrogens with zero attached hydrogens (tertiary/aromatic N) is 1. The molecule has 136 valence electrons. The third kappa shape index (κ3) is 4.13. The Morgan fingerprint density at radius 1 is 1.22 bits per heavy atom. The van der Waals surface area contributed by atoms with Gasteiger partial charge in [-0.05, 0) is 42.3 Å². The fraction of sp³-hybridized carbons (Fsp3) is 0.150. The molecule has 3 aromatic rings. The van der Waals surface area contributed by atoms with Gasteiger partial charge < -0.3 is 10.1 Å². The lowest BCUT2D eigenvalue weighted by Crippen LogP contribution is -2.20. The molecule has 0 bridgehead atoms. The smallest absolute Gasteiger partial charge is 0.349 e. The first-order valence-corrected chi connectivity index (χ1v) is 8.91. The van der Waals surface area contributed by atoms with E-state index in [1.165, 1.54) is 6.07 Å². The molecule has 0 fully saturated rings. The zero-order valence-electron chi connectivity index (χ0n) is 14.4. The summed E-state index contributed by atoms with van der Waals surface area (Å²) in [4.78, 5) is 24.5. The predicted octanol–water partition coefficient (Wildman–Crippen LogP) is 4.21. The molecule has 1 heterocycles. The van der Waals surface area contributed by atoms with E-state index in [9.17, 15) is 14.0 Å². The third-order valence-electron chi connectivity index (χ3n) is 3.94. The number of ether oxygens (including phenoxy) is 1. The van der Waals surface area contributed by atoms with Crippen LogP contribution in [0.15, 0.2) is 42.5 Å². The largest absolute Gasteiger partial charge is 0.451 e. The van der Waals surface area contributed by atoms with E-state index in [1.54, 1.807) is 43.3 Å². The molecule has 1 N–H and O–H groups in total. The van der Waals surface area contributed by atoms with Gasteiger partial charge in [-0.25, -0.2) is 9.18 Å². The van der Waals surface area contributed by atoms with Crippen molar-refractivity contribution in [2.75, 3.05) is 11.9 Å². The Hall–Kier alpha value is -3.24. The number of halogens is 1. The number of rotatable bonds is 5. The molecule has 0 atom stereocenters. The second-order valence-corrected chi connectivity index (χ2v) is 6.88. The summed E-state index contributed by atoms with van der Waals surface area (Å²) in [6.45, 7) is 1.20. The van der Waals surface area contributed by atoms with Crippen LogP contribution in [-0.2, 0) is 16.0 Å². The van der Waals surface area contributed by atoms with Crippen molar-refractivity contribution in [3.05, 3.63) is 64.3 Å². The lowest BCUT2D eigenvalue weighted by atomic mass is 10.1. The van der Waals surface area contributed by atoms with Gasteiger partial charge in [-0.3, -0.25) is 4.79 Å². The Labute approximate surface area is 159 Å². The van der Waals surface area contributed by atoms with Crippen molar-refractivity contribution < 1.29 is 18.7 Å². The van der Waals surface area contributed by atoms with Crippen LogP contribution in [0.5, 0.6) is 0 Å². The summed E-state index contributed by atoms with van der Waals surface area (Å²) in [6.07, 6.45) is 0.293. The van der Waals surface area contributed by atoms with Crippen molar-refractivity contribution in [1.29, 1.82) is 5.26 Å². The van der Waals surface area contributed by atoms with Crippen molar-refractivity contribution in [2.45, 2.75) is 13.3 Å². The lowest BCUT2D eigenvalue weighted by Gasteiger charge is -2.07. The summed E-state index contributed by atoms with van der Waals surface area (Å²) in [5, 5.41) is 11.7. The molecule has 0 unspecified atom stereocenters. The van der Waals surface area contributed by atoms with Crippen LogP contribution < -0.4 is 5.32 Å². The number of aryl methyl sites for hydroxylation is 1. The third-order valence-corrected chi connectivity index (χ3v) is 5.18. The normalized spacial score (nSPS) is 10.4. The minimum Gasteiger partial charge on any atom is -0.451 e. The van der Waals surface area contributed by atoms with Gasteiger partial charge in [0.1, 0.15) is 10.7 Å². The molecule has 0 aliphatic heterocycles. The van der Waals surface area contributed by atoms with Crippen LogP contribution in [0.3, 0.4) is 0 Å². The van der Waals surface area contributed by atoms with Crippen molar-refractivity contribution in [3.8, 4) is 6.07 Å². The molecule has 0 aliphatic rings. The Balaban J connectivity index is 1.62. The average molecular weight is 382 g/mol. The number of fused-ring (bicyclic) bond motifs is 1. The minimum atomic E-state index is -0.660. The van der Waals surface area contributed by atoms with Gasteiger partial charge in [-0.15, -0.1) is 11.3 Å². The van der Waals surface area contributed by atoms with Crippen molar-refractivity contribution >= 4 is 39.0 Å². The monoisotopic (exact) mass is 382 g/mol. The summed E-state index contributed by atoms with van der Waals surface area (Å²) < 4.78 is 19.7. The molecular weight excluding hydrogens is 367 g/mol. The average Bonchev–Trinajstić information content (AvgIpc) is 3.00. The van der Waals surface area contributed by atoms with E-state index in [2.05, 4.69) is 5.32 Å². The molecular formula is C20H15FN2O3S. The Kier molecular flexibility index (Phi) is 5.48. The number of benzene rings is 2. The maximum atomic E-state index is 13.9. The zero-order valence-corrected chi connectivity index (χ0v) is 15.2. The highest BCUT2D eigenvalue weighted by Crippen LogP contribution is 2.32. The SMILES string of the molecule is Cc1c(C(=O)OCC(=O)Nc2ccc(CC#N)cc2)sc2cccc(F)c12. The number of carbonyl (C=O) groups is 2. The number of thiophene rings is 1. The number of amides is 1. The zero-order chi connectivity index (χ0) is 19.4. The summed E-state index contributed by atoms with van der Waals surface area (Å²) in [7, 11) is 0. The van der Waals surface area contributed by atoms with Crippen molar-refractivity contribution in [2.24, 2.45) is 0 Å². The number of hydrogen-bond acceptors (Lipinski definition) is 5. The first-order chi connectivity index (χ1) is 13.0. The van der Waals surface area contributed by atoms with Crippen LogP contribution in [0.1, 0.15) is 20.8 Å². The van der Waals surface area contributed by atoms with Gasteiger partial charge in [0, 0.05) is 15.8 Å². The quantitative estimate of drug-likeness (QED) is 0.671. The van der Waals surface area contributed by atoms with E-state index < -0.39 is 24.3 Å². The Morgan fingerprint density at radius 3 is 2.63 bits per heavy atom. The molecule has 7 heteroatoms. The van der Waals surface area contributed by atoms with Crippen LogP contribution in [0, 0.1) is 24.1 Å². The lowest BCUT2D eigenvalue weighted by molar-refractivity contribution is -0.119. The molecule has 1 aromatic heterocycles. The molecule has 0 aliphatic carbocycles. The predicted molar refractivity (Wildman–Crippen MR) is 101 cm³/mol. The van der Waals surface area contributed by atoms with E-state index in [0.29, 0.717) is 27.8 Å². The summed E-state index contributed by atoms with van der Waals surface area (Å²) in [5.41, 5.74) is 1.89. The van der Waals surface area contributed by atoms with E-state index in [0.717, 1.165) is 16.9 Å². The maximum absolute atomic E-state index is 13.9. The van der Waals surface area contributed by atoms with Gasteiger partial charge >= 0.3 is 5.97 Å². The van der Waals surface area contributed by atoms with Gasteiger partial charge in [0.2, 0.25) is 0 Å². The fourth-order valence-corrected chi connectivity index (χ4v) is 3.76. The fourth-order valence-electron chi connectivity index (χ4n) is 2.64. The van der Waals surface area contributed by atoms with Crippen molar-refractivity contribution in [3.63, 3.8) is 0 Å². The van der Waals surface area contributed by atoms with E-state index in [4.69, 9.17) is 10.00 Å². The van der Waals surface area contributed by atoms with Crippen LogP contribution >= 0.6 is 11.3 Å². The number of anilines is 1. The van der Waals surface area contributed by atoms with Gasteiger partial charge in [-0.1, -0.05) is 18.2 Å². The Morgan fingerprint density at radius 2 is 1.96 bits per heavy atom. The molecule has 0 saturated heterocycles. The van der Waals surface area contributed by atoms with E-state index in [-0.39, 0.29) is 4.88 Å². The number of nitriles is 1. The van der Waals surface area contributed by atoms with Crippen LogP contribution in [0.25, 0.3) is 10.1 Å². The van der Waals surface area contributed by atoms with Crippen LogP contribution in [0.4, 0.5) is 10.1 Å². The van der Waals surface area contributed by atoms with Crippen molar-refractivity contribution in [1.82, 2.24) is 0 Å². The number of carbonyl (C=O) groups excluding carboxylic acids is 2. The molecule has 3 rings (SSSR count). The van der Waals surface area contributed by atoms with Gasteiger partial charge in [0.25, 0.3) is 5.91 Å². The maximum Gasteiger partial charge on any atom is 0.349 e. The topological polar surface area (TPSA) is 79.2 Å². The molecule has 0 saturated carbocycles. The number of nitrogens with one attached hydrogen (secondary N) is 1. The summed E-state index contributed by atoms with van der Waals surface area (Å²) >= 11 is 1.14. The van der Waals surface area contributed by atoms with E-state index >= 15 is 0 Å². The first-order valence-electron chi connectivity index (χ1n) is 8.10.